The summed E-state index contributed by atoms with van der Waals surface area (Å²) in [6.07, 6.45) is 0. The van der Waals surface area contributed by atoms with Crippen LogP contribution in [0.5, 0.6) is 0 Å². The number of rotatable bonds is 5. The highest BCUT2D eigenvalue weighted by atomic mass is 16.1. The van der Waals surface area contributed by atoms with Crippen LogP contribution < -0.4 is 10.6 Å². The van der Waals surface area contributed by atoms with E-state index < -0.39 is 0 Å². The normalized spacial score (nSPS) is 10.6. The zero-order valence-corrected chi connectivity index (χ0v) is 13.5. The van der Waals surface area contributed by atoms with Crippen LogP contribution in [0, 0.1) is 19.8 Å². The number of hydrogen-bond donors (Lipinski definition) is 2. The zero-order valence-electron chi connectivity index (χ0n) is 13.5. The summed E-state index contributed by atoms with van der Waals surface area (Å²) in [7, 11) is 0. The van der Waals surface area contributed by atoms with Gasteiger partial charge in [-0.3, -0.25) is 4.79 Å². The topological polar surface area (TPSA) is 66.9 Å². The number of para-hydroxylation sites is 1. The average Bonchev–Trinajstić information content (AvgIpc) is 2.49. The van der Waals surface area contributed by atoms with E-state index in [-0.39, 0.29) is 5.91 Å². The Labute approximate surface area is 131 Å². The van der Waals surface area contributed by atoms with Gasteiger partial charge in [0.1, 0.15) is 5.82 Å². The Kier molecular flexibility index (Phi) is 5.09. The molecule has 0 fully saturated rings. The number of nitrogens with one attached hydrogen (secondary N) is 2. The van der Waals surface area contributed by atoms with Gasteiger partial charge in [0.25, 0.3) is 5.91 Å². The summed E-state index contributed by atoms with van der Waals surface area (Å²) < 4.78 is 0. The molecule has 0 aliphatic carbocycles. The molecule has 0 atom stereocenters. The molecule has 0 radical (unpaired) electrons. The molecule has 116 valence electrons. The van der Waals surface area contributed by atoms with E-state index in [0.29, 0.717) is 17.4 Å². The van der Waals surface area contributed by atoms with Crippen LogP contribution in [0.2, 0.25) is 0 Å². The maximum absolute atomic E-state index is 12.3. The SMILES string of the molecule is Cc1cccc(C)c1NC(=O)c1ccc(NCC(C)C)nn1. The second-order valence-electron chi connectivity index (χ2n) is 5.80. The lowest BCUT2D eigenvalue weighted by molar-refractivity contribution is 0.102. The van der Waals surface area contributed by atoms with Crippen molar-refractivity contribution in [2.45, 2.75) is 27.7 Å². The largest absolute Gasteiger partial charge is 0.368 e. The second-order valence-corrected chi connectivity index (χ2v) is 5.80. The van der Waals surface area contributed by atoms with E-state index in [1.807, 2.05) is 32.0 Å². The summed E-state index contributed by atoms with van der Waals surface area (Å²) in [5.74, 6) is 0.950. The van der Waals surface area contributed by atoms with Crippen molar-refractivity contribution >= 4 is 17.4 Å². The molecule has 0 saturated heterocycles. The van der Waals surface area contributed by atoms with Gasteiger partial charge in [0, 0.05) is 12.2 Å². The Hall–Kier alpha value is -2.43. The van der Waals surface area contributed by atoms with Crippen LogP contribution in [0.4, 0.5) is 11.5 Å². The highest BCUT2D eigenvalue weighted by molar-refractivity contribution is 6.03. The molecule has 0 aliphatic rings. The molecule has 1 aromatic carbocycles. The molecule has 2 N–H and O–H groups in total. The number of aryl methyl sites for hydroxylation is 2. The minimum Gasteiger partial charge on any atom is -0.368 e. The van der Waals surface area contributed by atoms with Crippen LogP contribution in [0.1, 0.15) is 35.5 Å². The Bertz CT molecular complexity index is 630. The average molecular weight is 298 g/mol. The van der Waals surface area contributed by atoms with Gasteiger partial charge in [-0.1, -0.05) is 32.0 Å². The summed E-state index contributed by atoms with van der Waals surface area (Å²) in [4.78, 5) is 12.3. The van der Waals surface area contributed by atoms with Crippen LogP contribution in [-0.4, -0.2) is 22.6 Å². The smallest absolute Gasteiger partial charge is 0.276 e. The summed E-state index contributed by atoms with van der Waals surface area (Å²) >= 11 is 0. The van der Waals surface area contributed by atoms with Crippen molar-refractivity contribution < 1.29 is 4.79 Å². The first kappa shape index (κ1) is 15.9. The highest BCUT2D eigenvalue weighted by Crippen LogP contribution is 2.20. The van der Waals surface area contributed by atoms with Crippen molar-refractivity contribution in [3.05, 3.63) is 47.2 Å². The first-order chi connectivity index (χ1) is 10.5. The summed E-state index contributed by atoms with van der Waals surface area (Å²) in [5.41, 5.74) is 3.18. The summed E-state index contributed by atoms with van der Waals surface area (Å²) in [6.45, 7) is 8.99. The zero-order chi connectivity index (χ0) is 16.1. The molecule has 0 spiro atoms. The molecule has 0 unspecified atom stereocenters. The van der Waals surface area contributed by atoms with E-state index >= 15 is 0 Å². The highest BCUT2D eigenvalue weighted by Gasteiger charge is 2.11. The van der Waals surface area contributed by atoms with Crippen molar-refractivity contribution in [3.8, 4) is 0 Å². The Morgan fingerprint density at radius 1 is 1.09 bits per heavy atom. The number of amides is 1. The minimum atomic E-state index is -0.250. The fourth-order valence-corrected chi connectivity index (χ4v) is 2.05. The Morgan fingerprint density at radius 2 is 1.77 bits per heavy atom. The van der Waals surface area contributed by atoms with Crippen molar-refractivity contribution in [2.75, 3.05) is 17.2 Å². The molecule has 22 heavy (non-hydrogen) atoms. The van der Waals surface area contributed by atoms with Gasteiger partial charge < -0.3 is 10.6 Å². The third kappa shape index (κ3) is 4.04. The maximum atomic E-state index is 12.3. The maximum Gasteiger partial charge on any atom is 0.276 e. The fourth-order valence-electron chi connectivity index (χ4n) is 2.05. The second kappa shape index (κ2) is 7.02. The molecule has 0 bridgehead atoms. The van der Waals surface area contributed by atoms with Gasteiger partial charge in [-0.05, 0) is 43.0 Å². The van der Waals surface area contributed by atoms with Gasteiger partial charge in [0.2, 0.25) is 0 Å². The van der Waals surface area contributed by atoms with E-state index in [9.17, 15) is 4.79 Å². The lowest BCUT2D eigenvalue weighted by atomic mass is 10.1. The molecule has 2 aromatic rings. The van der Waals surface area contributed by atoms with Crippen molar-refractivity contribution in [2.24, 2.45) is 5.92 Å². The first-order valence-electron chi connectivity index (χ1n) is 7.42. The van der Waals surface area contributed by atoms with E-state index in [1.165, 1.54) is 0 Å². The van der Waals surface area contributed by atoms with Gasteiger partial charge in [-0.2, -0.15) is 0 Å². The molecule has 1 amide bonds. The molecule has 2 rings (SSSR count). The van der Waals surface area contributed by atoms with Crippen LogP contribution in [-0.2, 0) is 0 Å². The molecule has 0 saturated carbocycles. The first-order valence-corrected chi connectivity index (χ1v) is 7.42. The number of benzene rings is 1. The predicted molar refractivity (Wildman–Crippen MR) is 89.2 cm³/mol. The monoisotopic (exact) mass is 298 g/mol. The number of carbonyl (C=O) groups is 1. The summed E-state index contributed by atoms with van der Waals surface area (Å²) in [5, 5.41) is 14.1. The molecule has 0 aliphatic heterocycles. The number of anilines is 2. The van der Waals surface area contributed by atoms with Crippen LogP contribution in [0.15, 0.2) is 30.3 Å². The van der Waals surface area contributed by atoms with Gasteiger partial charge in [-0.15, -0.1) is 10.2 Å². The Balaban J connectivity index is 2.07. The van der Waals surface area contributed by atoms with E-state index in [4.69, 9.17) is 0 Å². The van der Waals surface area contributed by atoms with Gasteiger partial charge in [0.15, 0.2) is 5.69 Å². The van der Waals surface area contributed by atoms with Gasteiger partial charge in [-0.25, -0.2) is 0 Å². The lowest BCUT2D eigenvalue weighted by Crippen LogP contribution is -2.17. The predicted octanol–water partition coefficient (Wildman–Crippen LogP) is 3.41. The number of aromatic nitrogens is 2. The van der Waals surface area contributed by atoms with Crippen molar-refractivity contribution in [3.63, 3.8) is 0 Å². The van der Waals surface area contributed by atoms with Gasteiger partial charge in [0.05, 0.1) is 0 Å². The lowest BCUT2D eigenvalue weighted by Gasteiger charge is -2.11. The summed E-state index contributed by atoms with van der Waals surface area (Å²) in [6, 6.07) is 9.35. The van der Waals surface area contributed by atoms with Crippen LogP contribution in [0.25, 0.3) is 0 Å². The standard InChI is InChI=1S/C17H22N4O/c1-11(2)10-18-15-9-8-14(20-21-15)17(22)19-16-12(3)6-5-7-13(16)4/h5-9,11H,10H2,1-4H3,(H,18,21)(H,19,22). The molecule has 5 nitrogen and oxygen atoms in total. The fraction of sp³-hybridized carbons (Fsp3) is 0.353. The van der Waals surface area contributed by atoms with E-state index in [2.05, 4.69) is 34.7 Å². The number of nitrogens with zero attached hydrogens (tertiary/aromatic N) is 2. The number of carbonyl (C=O) groups excluding carboxylic acids is 1. The van der Waals surface area contributed by atoms with E-state index in [0.717, 1.165) is 23.4 Å². The van der Waals surface area contributed by atoms with E-state index in [1.54, 1.807) is 12.1 Å². The third-order valence-electron chi connectivity index (χ3n) is 3.31. The molecular formula is C17H22N4O. The molecular weight excluding hydrogens is 276 g/mol. The van der Waals surface area contributed by atoms with Crippen molar-refractivity contribution in [1.29, 1.82) is 0 Å². The van der Waals surface area contributed by atoms with Crippen LogP contribution in [0.3, 0.4) is 0 Å². The molecule has 1 heterocycles. The molecule has 1 aromatic heterocycles. The number of hydrogen-bond acceptors (Lipinski definition) is 4. The Morgan fingerprint density at radius 3 is 2.32 bits per heavy atom. The molecule has 5 heteroatoms. The van der Waals surface area contributed by atoms with Crippen molar-refractivity contribution in [1.82, 2.24) is 10.2 Å². The minimum absolute atomic E-state index is 0.250. The van der Waals surface area contributed by atoms with Crippen LogP contribution >= 0.6 is 0 Å². The quantitative estimate of drug-likeness (QED) is 0.887. The van der Waals surface area contributed by atoms with Gasteiger partial charge >= 0.3 is 0 Å². The third-order valence-corrected chi connectivity index (χ3v) is 3.31.